The Morgan fingerprint density at radius 1 is 1.41 bits per heavy atom. The number of hydrogen-bond donors (Lipinski definition) is 2. The van der Waals surface area contributed by atoms with Crippen molar-refractivity contribution in [3.05, 3.63) is 41.4 Å². The quantitative estimate of drug-likeness (QED) is 0.857. The van der Waals surface area contributed by atoms with Crippen LogP contribution in [-0.2, 0) is 11.2 Å². The number of hydrogen-bond acceptors (Lipinski definition) is 4. The van der Waals surface area contributed by atoms with Gasteiger partial charge >= 0.3 is 0 Å². The number of benzene rings is 1. The molecule has 0 bridgehead atoms. The molecule has 2 N–H and O–H groups in total. The molecular formula is C16H18ClN3O2. The van der Waals surface area contributed by atoms with Crippen LogP contribution >= 0.6 is 11.6 Å². The van der Waals surface area contributed by atoms with Gasteiger partial charge in [-0.25, -0.2) is 4.98 Å². The van der Waals surface area contributed by atoms with E-state index in [9.17, 15) is 4.79 Å². The molecule has 1 aromatic heterocycles. The van der Waals surface area contributed by atoms with Gasteiger partial charge in [0.1, 0.15) is 0 Å². The van der Waals surface area contributed by atoms with E-state index in [1.54, 1.807) is 6.20 Å². The molecule has 6 heteroatoms. The smallest absolute Gasteiger partial charge is 0.220 e. The largest absolute Gasteiger partial charge is 0.441 e. The summed E-state index contributed by atoms with van der Waals surface area (Å²) in [5.41, 5.74) is 0.810. The van der Waals surface area contributed by atoms with Gasteiger partial charge in [-0.15, -0.1) is 0 Å². The number of aromatic nitrogens is 1. The summed E-state index contributed by atoms with van der Waals surface area (Å²) in [4.78, 5) is 16.0. The lowest BCUT2D eigenvalue weighted by Gasteiger charge is -2.27. The van der Waals surface area contributed by atoms with Crippen molar-refractivity contribution in [2.24, 2.45) is 5.92 Å². The first-order valence-corrected chi connectivity index (χ1v) is 7.77. The fraction of sp³-hybridized carbons (Fsp3) is 0.375. The van der Waals surface area contributed by atoms with Gasteiger partial charge in [-0.2, -0.15) is 0 Å². The Kier molecular flexibility index (Phi) is 4.75. The molecule has 0 radical (unpaired) electrons. The van der Waals surface area contributed by atoms with E-state index in [1.807, 2.05) is 24.3 Å². The van der Waals surface area contributed by atoms with Crippen LogP contribution in [0.3, 0.4) is 0 Å². The predicted molar refractivity (Wildman–Crippen MR) is 84.6 cm³/mol. The number of nitrogens with one attached hydrogen (secondary N) is 2. The Balaban J connectivity index is 1.51. The number of carbonyl (C=O) groups is 1. The second kappa shape index (κ2) is 6.94. The molecule has 0 unspecified atom stereocenters. The lowest BCUT2D eigenvalue weighted by molar-refractivity contribution is -0.121. The second-order valence-corrected chi connectivity index (χ2v) is 5.83. The van der Waals surface area contributed by atoms with Crippen LogP contribution in [0.15, 0.2) is 34.9 Å². The summed E-state index contributed by atoms with van der Waals surface area (Å²) in [7, 11) is 0. The van der Waals surface area contributed by atoms with E-state index in [0.29, 0.717) is 35.4 Å². The summed E-state index contributed by atoms with van der Waals surface area (Å²) in [6, 6.07) is 7.45. The van der Waals surface area contributed by atoms with E-state index in [1.165, 1.54) is 0 Å². The number of rotatable bonds is 6. The summed E-state index contributed by atoms with van der Waals surface area (Å²) >= 11 is 6.13. The number of oxazole rings is 1. The van der Waals surface area contributed by atoms with Crippen LogP contribution in [0.2, 0.25) is 5.02 Å². The summed E-state index contributed by atoms with van der Waals surface area (Å²) < 4.78 is 5.67. The van der Waals surface area contributed by atoms with E-state index in [0.717, 1.165) is 25.2 Å². The SMILES string of the molecule is O=C(CCc1ncc(-c2ccccc2Cl)o1)NCC1CNC1. The predicted octanol–water partition coefficient (Wildman–Crippen LogP) is 2.26. The van der Waals surface area contributed by atoms with Gasteiger partial charge in [-0.1, -0.05) is 23.7 Å². The third kappa shape index (κ3) is 3.67. The second-order valence-electron chi connectivity index (χ2n) is 5.43. The molecule has 22 heavy (non-hydrogen) atoms. The number of aryl methyl sites for hydroxylation is 1. The molecule has 1 aliphatic heterocycles. The van der Waals surface area contributed by atoms with Crippen molar-refractivity contribution in [2.75, 3.05) is 19.6 Å². The minimum atomic E-state index is 0.0318. The Hall–Kier alpha value is -1.85. The molecule has 0 atom stereocenters. The highest BCUT2D eigenvalue weighted by Crippen LogP contribution is 2.28. The maximum absolute atomic E-state index is 11.8. The summed E-state index contributed by atoms with van der Waals surface area (Å²) in [6.07, 6.45) is 2.51. The van der Waals surface area contributed by atoms with E-state index in [2.05, 4.69) is 15.6 Å². The maximum Gasteiger partial charge on any atom is 0.220 e. The number of amides is 1. The zero-order valence-corrected chi connectivity index (χ0v) is 12.9. The van der Waals surface area contributed by atoms with Crippen LogP contribution in [0, 0.1) is 5.92 Å². The third-order valence-corrected chi connectivity index (χ3v) is 4.04. The Bertz CT molecular complexity index is 652. The van der Waals surface area contributed by atoms with Crippen molar-refractivity contribution in [1.29, 1.82) is 0 Å². The van der Waals surface area contributed by atoms with Gasteiger partial charge in [0.2, 0.25) is 5.91 Å². The summed E-state index contributed by atoms with van der Waals surface area (Å²) in [5.74, 6) is 1.78. The van der Waals surface area contributed by atoms with Crippen molar-refractivity contribution in [3.63, 3.8) is 0 Å². The Morgan fingerprint density at radius 2 is 2.23 bits per heavy atom. The van der Waals surface area contributed by atoms with Crippen LogP contribution in [0.5, 0.6) is 0 Å². The van der Waals surface area contributed by atoms with E-state index >= 15 is 0 Å². The van der Waals surface area contributed by atoms with Crippen molar-refractivity contribution in [2.45, 2.75) is 12.8 Å². The van der Waals surface area contributed by atoms with E-state index < -0.39 is 0 Å². The van der Waals surface area contributed by atoms with Gasteiger partial charge in [0, 0.05) is 44.0 Å². The number of nitrogens with zero attached hydrogens (tertiary/aromatic N) is 1. The fourth-order valence-electron chi connectivity index (χ4n) is 2.27. The molecule has 1 fully saturated rings. The highest BCUT2D eigenvalue weighted by atomic mass is 35.5. The molecule has 0 aliphatic carbocycles. The number of carbonyl (C=O) groups excluding carboxylic acids is 1. The van der Waals surface area contributed by atoms with Crippen LogP contribution in [0.1, 0.15) is 12.3 Å². The van der Waals surface area contributed by atoms with Crippen LogP contribution < -0.4 is 10.6 Å². The minimum Gasteiger partial charge on any atom is -0.441 e. The van der Waals surface area contributed by atoms with Crippen molar-refractivity contribution in [1.82, 2.24) is 15.6 Å². The lowest BCUT2D eigenvalue weighted by Crippen LogP contribution is -2.48. The molecule has 2 aromatic rings. The van der Waals surface area contributed by atoms with E-state index in [4.69, 9.17) is 16.0 Å². The Labute approximate surface area is 134 Å². The van der Waals surface area contributed by atoms with Crippen molar-refractivity contribution >= 4 is 17.5 Å². The van der Waals surface area contributed by atoms with Gasteiger partial charge in [-0.05, 0) is 12.1 Å². The molecule has 3 rings (SSSR count). The molecule has 0 spiro atoms. The highest BCUT2D eigenvalue weighted by Gasteiger charge is 2.17. The molecule has 1 saturated heterocycles. The average molecular weight is 320 g/mol. The first kappa shape index (κ1) is 15.1. The zero-order valence-electron chi connectivity index (χ0n) is 12.1. The number of halogens is 1. The maximum atomic E-state index is 11.8. The monoisotopic (exact) mass is 319 g/mol. The molecule has 0 saturated carbocycles. The summed E-state index contributed by atoms with van der Waals surface area (Å²) in [6.45, 7) is 2.71. The zero-order chi connectivity index (χ0) is 15.4. The van der Waals surface area contributed by atoms with Gasteiger partial charge in [0.15, 0.2) is 11.7 Å². The molecule has 1 amide bonds. The van der Waals surface area contributed by atoms with Crippen LogP contribution in [-0.4, -0.2) is 30.5 Å². The minimum absolute atomic E-state index is 0.0318. The molecule has 116 valence electrons. The standard InChI is InChI=1S/C16H18ClN3O2/c17-13-4-2-1-3-12(13)14-10-20-16(22-14)6-5-15(21)19-9-11-7-18-8-11/h1-4,10-11,18H,5-9H2,(H,19,21). The lowest BCUT2D eigenvalue weighted by atomic mass is 10.0. The first-order chi connectivity index (χ1) is 10.7. The Morgan fingerprint density at radius 3 is 2.95 bits per heavy atom. The van der Waals surface area contributed by atoms with Gasteiger partial charge in [0.25, 0.3) is 0 Å². The molecule has 1 aromatic carbocycles. The molecule has 1 aliphatic rings. The van der Waals surface area contributed by atoms with Crippen LogP contribution in [0.25, 0.3) is 11.3 Å². The first-order valence-electron chi connectivity index (χ1n) is 7.39. The normalized spacial score (nSPS) is 14.6. The average Bonchev–Trinajstić information content (AvgIpc) is 2.93. The fourth-order valence-corrected chi connectivity index (χ4v) is 2.50. The topological polar surface area (TPSA) is 67.2 Å². The van der Waals surface area contributed by atoms with Crippen molar-refractivity contribution < 1.29 is 9.21 Å². The van der Waals surface area contributed by atoms with E-state index in [-0.39, 0.29) is 5.91 Å². The van der Waals surface area contributed by atoms with Gasteiger partial charge in [-0.3, -0.25) is 4.79 Å². The molecular weight excluding hydrogens is 302 g/mol. The van der Waals surface area contributed by atoms with Gasteiger partial charge < -0.3 is 15.1 Å². The summed E-state index contributed by atoms with van der Waals surface area (Å²) in [5, 5.41) is 6.73. The third-order valence-electron chi connectivity index (χ3n) is 3.71. The molecule has 2 heterocycles. The highest BCUT2D eigenvalue weighted by molar-refractivity contribution is 6.33. The van der Waals surface area contributed by atoms with Crippen LogP contribution in [0.4, 0.5) is 0 Å². The van der Waals surface area contributed by atoms with Crippen molar-refractivity contribution in [3.8, 4) is 11.3 Å². The van der Waals surface area contributed by atoms with Gasteiger partial charge in [0.05, 0.1) is 11.2 Å². The molecule has 5 nitrogen and oxygen atoms in total.